The number of hydrogen-bond acceptors (Lipinski definition) is 4. The number of aryl methyl sites for hydroxylation is 1. The standard InChI is InChI=1S/C16H23NO5/c1-11-6-7-12(10-13(11)14(18)19)21-9-5-8-17-15(20)22-16(2,3)4/h6-7,10H,5,8-9H2,1-4H3,(H,17,20)(H,18,19). The number of carboxylic acid groups (broad SMARTS) is 1. The van der Waals surface area contributed by atoms with Gasteiger partial charge in [0.1, 0.15) is 11.4 Å². The largest absolute Gasteiger partial charge is 0.494 e. The minimum atomic E-state index is -0.977. The van der Waals surface area contributed by atoms with Crippen LogP contribution in [0.4, 0.5) is 4.79 Å². The van der Waals surface area contributed by atoms with Crippen LogP contribution in [-0.4, -0.2) is 35.9 Å². The Kier molecular flexibility index (Phi) is 6.22. The number of rotatable bonds is 6. The monoisotopic (exact) mass is 309 g/mol. The van der Waals surface area contributed by atoms with Crippen molar-refractivity contribution in [3.05, 3.63) is 29.3 Å². The summed E-state index contributed by atoms with van der Waals surface area (Å²) in [7, 11) is 0. The van der Waals surface area contributed by atoms with Crippen LogP contribution in [0.1, 0.15) is 43.1 Å². The molecule has 2 N–H and O–H groups in total. The second kappa shape index (κ2) is 7.68. The van der Waals surface area contributed by atoms with Gasteiger partial charge in [0, 0.05) is 6.54 Å². The van der Waals surface area contributed by atoms with Crippen molar-refractivity contribution in [3.8, 4) is 5.75 Å². The van der Waals surface area contributed by atoms with E-state index >= 15 is 0 Å². The molecule has 0 saturated heterocycles. The van der Waals surface area contributed by atoms with Gasteiger partial charge in [-0.25, -0.2) is 9.59 Å². The fraction of sp³-hybridized carbons (Fsp3) is 0.500. The lowest BCUT2D eigenvalue weighted by molar-refractivity contribution is 0.0524. The molecule has 1 aromatic carbocycles. The van der Waals surface area contributed by atoms with Crippen LogP contribution in [0.25, 0.3) is 0 Å². The van der Waals surface area contributed by atoms with E-state index in [0.717, 1.165) is 0 Å². The number of benzene rings is 1. The Balaban J connectivity index is 2.32. The van der Waals surface area contributed by atoms with Crippen molar-refractivity contribution in [2.75, 3.05) is 13.2 Å². The van der Waals surface area contributed by atoms with E-state index in [1.807, 2.05) is 0 Å². The molecule has 0 spiro atoms. The first-order valence-electron chi connectivity index (χ1n) is 7.12. The second-order valence-electron chi connectivity index (χ2n) is 5.91. The molecule has 0 aliphatic rings. The third-order valence-electron chi connectivity index (χ3n) is 2.70. The number of aromatic carboxylic acids is 1. The summed E-state index contributed by atoms with van der Waals surface area (Å²) in [6.45, 7) is 7.93. The van der Waals surface area contributed by atoms with Gasteiger partial charge in [0.15, 0.2) is 0 Å². The lowest BCUT2D eigenvalue weighted by atomic mass is 10.1. The molecule has 22 heavy (non-hydrogen) atoms. The average molecular weight is 309 g/mol. The molecule has 0 aliphatic carbocycles. The molecule has 0 aliphatic heterocycles. The SMILES string of the molecule is Cc1ccc(OCCCNC(=O)OC(C)(C)C)cc1C(=O)O. The smallest absolute Gasteiger partial charge is 0.407 e. The zero-order valence-corrected chi connectivity index (χ0v) is 13.4. The van der Waals surface area contributed by atoms with Gasteiger partial charge in [0.2, 0.25) is 0 Å². The molecule has 0 fully saturated rings. The summed E-state index contributed by atoms with van der Waals surface area (Å²) in [5.41, 5.74) is 0.395. The van der Waals surface area contributed by atoms with E-state index in [1.165, 1.54) is 6.07 Å². The molecule has 0 saturated carbocycles. The number of nitrogens with one attached hydrogen (secondary N) is 1. The molecule has 0 unspecified atom stereocenters. The highest BCUT2D eigenvalue weighted by atomic mass is 16.6. The Hall–Kier alpha value is -2.24. The lowest BCUT2D eigenvalue weighted by Crippen LogP contribution is -2.33. The van der Waals surface area contributed by atoms with Gasteiger partial charge in [-0.1, -0.05) is 6.07 Å². The number of carboxylic acids is 1. The van der Waals surface area contributed by atoms with Crippen molar-refractivity contribution >= 4 is 12.1 Å². The molecule has 1 aromatic rings. The van der Waals surface area contributed by atoms with E-state index in [9.17, 15) is 9.59 Å². The summed E-state index contributed by atoms with van der Waals surface area (Å²) in [6.07, 6.45) is 0.131. The van der Waals surface area contributed by atoms with E-state index in [0.29, 0.717) is 30.9 Å². The summed E-state index contributed by atoms with van der Waals surface area (Å²) < 4.78 is 10.6. The first-order valence-corrected chi connectivity index (χ1v) is 7.12. The minimum absolute atomic E-state index is 0.226. The number of hydrogen-bond donors (Lipinski definition) is 2. The Morgan fingerprint density at radius 2 is 1.95 bits per heavy atom. The molecule has 1 amide bonds. The van der Waals surface area contributed by atoms with Gasteiger partial charge in [-0.2, -0.15) is 0 Å². The lowest BCUT2D eigenvalue weighted by Gasteiger charge is -2.19. The zero-order valence-electron chi connectivity index (χ0n) is 13.4. The van der Waals surface area contributed by atoms with Gasteiger partial charge in [0.25, 0.3) is 0 Å². The summed E-state index contributed by atoms with van der Waals surface area (Å²) in [5.74, 6) is -0.477. The first kappa shape index (κ1) is 17.8. The number of alkyl carbamates (subject to hydrolysis) is 1. The number of carbonyl (C=O) groups is 2. The zero-order chi connectivity index (χ0) is 16.8. The molecule has 0 aromatic heterocycles. The third-order valence-corrected chi connectivity index (χ3v) is 2.70. The predicted molar refractivity (Wildman–Crippen MR) is 82.5 cm³/mol. The maximum atomic E-state index is 11.4. The molecule has 0 bridgehead atoms. The number of carbonyl (C=O) groups excluding carboxylic acids is 1. The summed E-state index contributed by atoms with van der Waals surface area (Å²) in [5, 5.41) is 11.7. The molecule has 0 heterocycles. The van der Waals surface area contributed by atoms with Gasteiger partial charge in [-0.3, -0.25) is 0 Å². The fourth-order valence-corrected chi connectivity index (χ4v) is 1.69. The van der Waals surface area contributed by atoms with Crippen molar-refractivity contribution in [1.82, 2.24) is 5.32 Å². The Morgan fingerprint density at radius 3 is 2.55 bits per heavy atom. The van der Waals surface area contributed by atoms with E-state index in [2.05, 4.69) is 5.32 Å². The van der Waals surface area contributed by atoms with E-state index < -0.39 is 17.7 Å². The Bertz CT molecular complexity index is 534. The highest BCUT2D eigenvalue weighted by Crippen LogP contribution is 2.17. The van der Waals surface area contributed by atoms with Crippen molar-refractivity contribution < 1.29 is 24.2 Å². The van der Waals surface area contributed by atoms with Crippen molar-refractivity contribution in [2.45, 2.75) is 39.7 Å². The molecule has 0 atom stereocenters. The molecular formula is C16H23NO5. The van der Waals surface area contributed by atoms with Gasteiger partial charge in [0.05, 0.1) is 12.2 Å². The van der Waals surface area contributed by atoms with E-state index in [4.69, 9.17) is 14.6 Å². The highest BCUT2D eigenvalue weighted by Gasteiger charge is 2.15. The fourth-order valence-electron chi connectivity index (χ4n) is 1.69. The molecule has 6 nitrogen and oxygen atoms in total. The van der Waals surface area contributed by atoms with Crippen LogP contribution in [0.2, 0.25) is 0 Å². The predicted octanol–water partition coefficient (Wildman–Crippen LogP) is 2.99. The Morgan fingerprint density at radius 1 is 1.27 bits per heavy atom. The first-order chi connectivity index (χ1) is 10.2. The van der Waals surface area contributed by atoms with Crippen LogP contribution in [0, 0.1) is 6.92 Å². The van der Waals surface area contributed by atoms with Crippen LogP contribution < -0.4 is 10.1 Å². The molecular weight excluding hydrogens is 286 g/mol. The van der Waals surface area contributed by atoms with Gasteiger partial charge in [-0.05, 0) is 51.8 Å². The minimum Gasteiger partial charge on any atom is -0.494 e. The van der Waals surface area contributed by atoms with Crippen molar-refractivity contribution in [1.29, 1.82) is 0 Å². The number of ether oxygens (including phenoxy) is 2. The quantitative estimate of drug-likeness (QED) is 0.789. The molecule has 122 valence electrons. The molecule has 6 heteroatoms. The topological polar surface area (TPSA) is 84.9 Å². The third kappa shape index (κ3) is 6.47. The summed E-state index contributed by atoms with van der Waals surface area (Å²) in [4.78, 5) is 22.4. The maximum absolute atomic E-state index is 11.4. The highest BCUT2D eigenvalue weighted by molar-refractivity contribution is 5.89. The van der Waals surface area contributed by atoms with E-state index in [-0.39, 0.29) is 5.56 Å². The van der Waals surface area contributed by atoms with Gasteiger partial charge >= 0.3 is 12.1 Å². The summed E-state index contributed by atoms with van der Waals surface area (Å²) in [6, 6.07) is 4.93. The maximum Gasteiger partial charge on any atom is 0.407 e. The normalized spacial score (nSPS) is 10.9. The molecule has 0 radical (unpaired) electrons. The number of amides is 1. The van der Waals surface area contributed by atoms with Crippen LogP contribution in [0.5, 0.6) is 5.75 Å². The van der Waals surface area contributed by atoms with Crippen LogP contribution in [0.3, 0.4) is 0 Å². The van der Waals surface area contributed by atoms with Crippen LogP contribution in [0.15, 0.2) is 18.2 Å². The van der Waals surface area contributed by atoms with Gasteiger partial charge in [-0.15, -0.1) is 0 Å². The van der Waals surface area contributed by atoms with Crippen molar-refractivity contribution in [3.63, 3.8) is 0 Å². The summed E-state index contributed by atoms with van der Waals surface area (Å²) >= 11 is 0. The average Bonchev–Trinajstić information content (AvgIpc) is 2.37. The second-order valence-corrected chi connectivity index (χ2v) is 5.91. The molecule has 1 rings (SSSR count). The van der Waals surface area contributed by atoms with Crippen LogP contribution in [-0.2, 0) is 4.74 Å². The van der Waals surface area contributed by atoms with Crippen molar-refractivity contribution in [2.24, 2.45) is 0 Å². The Labute approximate surface area is 130 Å². The van der Waals surface area contributed by atoms with Crippen LogP contribution >= 0.6 is 0 Å². The van der Waals surface area contributed by atoms with E-state index in [1.54, 1.807) is 39.8 Å². The van der Waals surface area contributed by atoms with Gasteiger partial charge < -0.3 is 19.9 Å².